The highest BCUT2D eigenvalue weighted by Gasteiger charge is 2.16. The number of imidazole rings is 2. The fourth-order valence-corrected chi connectivity index (χ4v) is 4.14. The number of hydrogen-bond acceptors (Lipinski definition) is 2. The molecule has 0 spiro atoms. The van der Waals surface area contributed by atoms with Crippen LogP contribution in [0.3, 0.4) is 0 Å². The maximum Gasteiger partial charge on any atom is 0.244 e. The monoisotopic (exact) mass is 408 g/mol. The molecule has 0 aliphatic rings. The summed E-state index contributed by atoms with van der Waals surface area (Å²) in [7, 11) is 3.51. The number of methoxy groups -OCH3 is 2. The lowest BCUT2D eigenvalue weighted by Crippen LogP contribution is -2.35. The number of fused-ring (bicyclic) bond motifs is 2. The van der Waals surface area contributed by atoms with Gasteiger partial charge < -0.3 is 9.47 Å². The number of rotatable bonds is 11. The number of unbranched alkanes of at least 4 members (excludes halogenated alkanes) is 1. The molecule has 30 heavy (non-hydrogen) atoms. The Balaban J connectivity index is 1.42. The Kier molecular flexibility index (Phi) is 6.77. The van der Waals surface area contributed by atoms with Crippen molar-refractivity contribution in [2.45, 2.75) is 39.0 Å². The third kappa shape index (κ3) is 4.40. The maximum absolute atomic E-state index is 5.27. The Labute approximate surface area is 177 Å². The molecule has 4 rings (SSSR count). The molecule has 2 heterocycles. The van der Waals surface area contributed by atoms with Gasteiger partial charge in [-0.2, -0.15) is 0 Å². The average Bonchev–Trinajstić information content (AvgIpc) is 3.32. The molecule has 0 radical (unpaired) electrons. The minimum absolute atomic E-state index is 0.725. The Morgan fingerprint density at radius 3 is 1.53 bits per heavy atom. The zero-order valence-electron chi connectivity index (χ0n) is 18.0. The van der Waals surface area contributed by atoms with E-state index in [0.717, 1.165) is 52.2 Å². The van der Waals surface area contributed by atoms with Crippen molar-refractivity contribution in [2.24, 2.45) is 0 Å². The molecular formula is C24H32N4O2+2. The SMILES string of the molecule is COCCn1c[n+](CCCC[n+]2cn(CCOC)c3ccccc32)c2ccccc21. The van der Waals surface area contributed by atoms with E-state index in [9.17, 15) is 0 Å². The summed E-state index contributed by atoms with van der Waals surface area (Å²) in [5.41, 5.74) is 5.12. The van der Waals surface area contributed by atoms with Gasteiger partial charge in [0.15, 0.2) is 22.1 Å². The first-order valence-electron chi connectivity index (χ1n) is 10.7. The van der Waals surface area contributed by atoms with Crippen LogP contribution in [-0.4, -0.2) is 36.6 Å². The van der Waals surface area contributed by atoms with Crippen LogP contribution in [-0.2, 0) is 35.7 Å². The van der Waals surface area contributed by atoms with Crippen molar-refractivity contribution in [3.05, 3.63) is 61.2 Å². The molecule has 0 aliphatic heterocycles. The van der Waals surface area contributed by atoms with Crippen molar-refractivity contribution < 1.29 is 18.6 Å². The van der Waals surface area contributed by atoms with Gasteiger partial charge >= 0.3 is 0 Å². The smallest absolute Gasteiger partial charge is 0.244 e. The molecule has 4 aromatic rings. The van der Waals surface area contributed by atoms with Gasteiger partial charge in [0.05, 0.1) is 26.3 Å². The highest BCUT2D eigenvalue weighted by Crippen LogP contribution is 2.12. The molecule has 0 amide bonds. The largest absolute Gasteiger partial charge is 0.381 e. The summed E-state index contributed by atoms with van der Waals surface area (Å²) in [6.45, 7) is 5.24. The predicted molar refractivity (Wildman–Crippen MR) is 117 cm³/mol. The van der Waals surface area contributed by atoms with E-state index in [1.807, 2.05) is 0 Å². The van der Waals surface area contributed by atoms with Gasteiger partial charge in [-0.3, -0.25) is 0 Å². The van der Waals surface area contributed by atoms with E-state index in [1.165, 1.54) is 22.1 Å². The lowest BCUT2D eigenvalue weighted by Gasteiger charge is -1.99. The Morgan fingerprint density at radius 1 is 0.667 bits per heavy atom. The third-order valence-electron chi connectivity index (χ3n) is 5.68. The van der Waals surface area contributed by atoms with Gasteiger partial charge in [0, 0.05) is 14.2 Å². The van der Waals surface area contributed by atoms with E-state index < -0.39 is 0 Å². The van der Waals surface area contributed by atoms with Crippen molar-refractivity contribution in [3.63, 3.8) is 0 Å². The first-order chi connectivity index (χ1) is 14.8. The minimum atomic E-state index is 0.725. The molecule has 0 saturated carbocycles. The van der Waals surface area contributed by atoms with Gasteiger partial charge in [-0.15, -0.1) is 0 Å². The summed E-state index contributed by atoms with van der Waals surface area (Å²) in [4.78, 5) is 0. The molecule has 0 N–H and O–H groups in total. The molecular weight excluding hydrogens is 376 g/mol. The molecule has 0 saturated heterocycles. The van der Waals surface area contributed by atoms with E-state index in [0.29, 0.717) is 0 Å². The second-order valence-corrected chi connectivity index (χ2v) is 7.67. The second-order valence-electron chi connectivity index (χ2n) is 7.67. The van der Waals surface area contributed by atoms with E-state index in [4.69, 9.17) is 9.47 Å². The minimum Gasteiger partial charge on any atom is -0.381 e. The number of ether oxygens (including phenoxy) is 2. The number of hydrogen-bond donors (Lipinski definition) is 0. The van der Waals surface area contributed by atoms with Crippen molar-refractivity contribution in [3.8, 4) is 0 Å². The van der Waals surface area contributed by atoms with Gasteiger partial charge in [-0.05, 0) is 37.1 Å². The van der Waals surface area contributed by atoms with Crippen LogP contribution in [0.5, 0.6) is 0 Å². The van der Waals surface area contributed by atoms with E-state index in [1.54, 1.807) is 14.2 Å². The summed E-state index contributed by atoms with van der Waals surface area (Å²) >= 11 is 0. The highest BCUT2D eigenvalue weighted by molar-refractivity contribution is 5.72. The van der Waals surface area contributed by atoms with Crippen LogP contribution in [0.2, 0.25) is 0 Å². The Morgan fingerprint density at radius 2 is 1.10 bits per heavy atom. The van der Waals surface area contributed by atoms with E-state index in [2.05, 4.69) is 79.5 Å². The molecule has 0 fully saturated rings. The van der Waals surface area contributed by atoms with Gasteiger partial charge in [0.2, 0.25) is 12.7 Å². The predicted octanol–water partition coefficient (Wildman–Crippen LogP) is 2.94. The first-order valence-corrected chi connectivity index (χ1v) is 10.7. The van der Waals surface area contributed by atoms with Crippen LogP contribution >= 0.6 is 0 Å². The molecule has 2 aromatic carbocycles. The van der Waals surface area contributed by atoms with Crippen LogP contribution < -0.4 is 9.13 Å². The Bertz CT molecular complexity index is 1010. The van der Waals surface area contributed by atoms with E-state index >= 15 is 0 Å². The van der Waals surface area contributed by atoms with Crippen molar-refractivity contribution in [1.29, 1.82) is 0 Å². The maximum atomic E-state index is 5.27. The standard InChI is InChI=1S/C24H32N4O2/c1-29-17-15-27-19-25(21-9-3-5-11-23(21)27)13-7-8-14-26-20-28(16-18-30-2)24-12-6-4-10-22(24)26/h3-6,9-12,19-20H,7-8,13-18H2,1-2H3/q+2. The second kappa shape index (κ2) is 9.87. The number of aryl methyl sites for hydroxylation is 2. The number of benzene rings is 2. The lowest BCUT2D eigenvalue weighted by atomic mass is 10.2. The van der Waals surface area contributed by atoms with Crippen LogP contribution in [0.25, 0.3) is 22.1 Å². The summed E-state index contributed by atoms with van der Waals surface area (Å²) in [6.07, 6.45) is 6.72. The summed E-state index contributed by atoms with van der Waals surface area (Å²) in [5, 5.41) is 0. The van der Waals surface area contributed by atoms with Gasteiger partial charge in [-0.25, -0.2) is 18.3 Å². The molecule has 2 aromatic heterocycles. The molecule has 0 atom stereocenters. The average molecular weight is 409 g/mol. The van der Waals surface area contributed by atoms with Gasteiger partial charge in [0.25, 0.3) is 0 Å². The molecule has 6 heteroatoms. The van der Waals surface area contributed by atoms with Crippen LogP contribution in [0.15, 0.2) is 61.2 Å². The number of para-hydroxylation sites is 4. The summed E-state index contributed by atoms with van der Waals surface area (Å²) < 4.78 is 19.9. The molecule has 6 nitrogen and oxygen atoms in total. The lowest BCUT2D eigenvalue weighted by molar-refractivity contribution is -0.684. The van der Waals surface area contributed by atoms with Crippen molar-refractivity contribution in [1.82, 2.24) is 9.13 Å². The molecule has 158 valence electrons. The fraction of sp³-hybridized carbons (Fsp3) is 0.417. The normalized spacial score (nSPS) is 11.7. The summed E-state index contributed by atoms with van der Waals surface area (Å²) in [5.74, 6) is 0. The number of nitrogens with zero attached hydrogens (tertiary/aromatic N) is 4. The van der Waals surface area contributed by atoms with Crippen LogP contribution in [0, 0.1) is 0 Å². The topological polar surface area (TPSA) is 36.1 Å². The van der Waals surface area contributed by atoms with Crippen molar-refractivity contribution >= 4 is 22.1 Å². The van der Waals surface area contributed by atoms with Gasteiger partial charge in [-0.1, -0.05) is 24.3 Å². The van der Waals surface area contributed by atoms with E-state index in [-0.39, 0.29) is 0 Å². The quantitative estimate of drug-likeness (QED) is 0.283. The number of aromatic nitrogens is 4. The molecule has 0 bridgehead atoms. The zero-order valence-corrected chi connectivity index (χ0v) is 18.0. The molecule has 0 unspecified atom stereocenters. The third-order valence-corrected chi connectivity index (χ3v) is 5.68. The van der Waals surface area contributed by atoms with Gasteiger partial charge in [0.1, 0.15) is 13.1 Å². The van der Waals surface area contributed by atoms with Crippen LogP contribution in [0.1, 0.15) is 12.8 Å². The zero-order chi connectivity index (χ0) is 20.8. The molecule has 0 aliphatic carbocycles. The Hall–Kier alpha value is -2.70. The fourth-order valence-electron chi connectivity index (χ4n) is 4.14. The summed E-state index contributed by atoms with van der Waals surface area (Å²) in [6, 6.07) is 17.2. The van der Waals surface area contributed by atoms with Crippen molar-refractivity contribution in [2.75, 3.05) is 27.4 Å². The van der Waals surface area contributed by atoms with Crippen LogP contribution in [0.4, 0.5) is 0 Å². The highest BCUT2D eigenvalue weighted by atomic mass is 16.5. The first kappa shape index (κ1) is 20.6.